The summed E-state index contributed by atoms with van der Waals surface area (Å²) in [6.07, 6.45) is 7.18. The van der Waals surface area contributed by atoms with Gasteiger partial charge in [0.05, 0.1) is 0 Å². The Balaban J connectivity index is 1.57. The number of phenolic OH excluding ortho intramolecular Hbond substituents is 1. The van der Waals surface area contributed by atoms with Gasteiger partial charge in [-0.25, -0.2) is 14.8 Å². The topological polar surface area (TPSA) is 87.6 Å². The number of aromatic nitrogens is 2. The molecule has 0 unspecified atom stereocenters. The molecule has 0 aliphatic carbocycles. The quantitative estimate of drug-likeness (QED) is 0.697. The van der Waals surface area contributed by atoms with Gasteiger partial charge in [-0.15, -0.1) is 0 Å². The van der Waals surface area contributed by atoms with E-state index in [1.165, 1.54) is 11.9 Å². The van der Waals surface area contributed by atoms with Crippen molar-refractivity contribution in [3.63, 3.8) is 0 Å². The number of hydrogen-bond donors (Lipinski definition) is 2. The SMILES string of the molecule is C[C@@H](C/C=C1/CCCN(C(=O)OC(C)(C)C)CC1)Nc1ncnc2c(O)cccc12. The Hall–Kier alpha value is -2.83. The molecule has 3 rings (SSSR count). The first-order valence-corrected chi connectivity index (χ1v) is 10.6. The summed E-state index contributed by atoms with van der Waals surface area (Å²) in [6.45, 7) is 9.21. The first-order chi connectivity index (χ1) is 14.2. The minimum atomic E-state index is -0.467. The van der Waals surface area contributed by atoms with E-state index in [0.717, 1.165) is 43.4 Å². The minimum absolute atomic E-state index is 0.153. The Morgan fingerprint density at radius 3 is 2.87 bits per heavy atom. The van der Waals surface area contributed by atoms with Gasteiger partial charge in [-0.3, -0.25) is 0 Å². The van der Waals surface area contributed by atoms with Gasteiger partial charge in [0.25, 0.3) is 0 Å². The zero-order valence-electron chi connectivity index (χ0n) is 18.3. The summed E-state index contributed by atoms with van der Waals surface area (Å²) in [6, 6.07) is 5.49. The number of carbonyl (C=O) groups excluding carboxylic acids is 1. The highest BCUT2D eigenvalue weighted by molar-refractivity contribution is 5.92. The van der Waals surface area contributed by atoms with Gasteiger partial charge in [-0.1, -0.05) is 17.7 Å². The van der Waals surface area contributed by atoms with Crippen LogP contribution in [-0.4, -0.2) is 50.8 Å². The Morgan fingerprint density at radius 2 is 2.10 bits per heavy atom. The zero-order valence-corrected chi connectivity index (χ0v) is 18.3. The Morgan fingerprint density at radius 1 is 1.30 bits per heavy atom. The molecule has 1 aromatic carbocycles. The van der Waals surface area contributed by atoms with Crippen LogP contribution in [0.4, 0.5) is 10.6 Å². The van der Waals surface area contributed by atoms with Crippen LogP contribution >= 0.6 is 0 Å². The van der Waals surface area contributed by atoms with Gasteiger partial charge in [0.2, 0.25) is 0 Å². The predicted octanol–water partition coefficient (Wildman–Crippen LogP) is 4.87. The van der Waals surface area contributed by atoms with Gasteiger partial charge in [-0.2, -0.15) is 0 Å². The third-order valence-corrected chi connectivity index (χ3v) is 5.07. The number of nitrogens with zero attached hydrogens (tertiary/aromatic N) is 3. The Kier molecular flexibility index (Phi) is 6.80. The van der Waals surface area contributed by atoms with Crippen molar-refractivity contribution < 1.29 is 14.6 Å². The summed E-state index contributed by atoms with van der Waals surface area (Å²) in [5.41, 5.74) is 1.46. The zero-order chi connectivity index (χ0) is 21.7. The van der Waals surface area contributed by atoms with Gasteiger partial charge < -0.3 is 20.1 Å². The number of anilines is 1. The number of nitrogens with one attached hydrogen (secondary N) is 1. The number of carbonyl (C=O) groups is 1. The minimum Gasteiger partial charge on any atom is -0.506 e. The third-order valence-electron chi connectivity index (χ3n) is 5.07. The first kappa shape index (κ1) is 21.9. The molecule has 0 bridgehead atoms. The van der Waals surface area contributed by atoms with Gasteiger partial charge in [0, 0.05) is 24.5 Å². The summed E-state index contributed by atoms with van der Waals surface area (Å²) in [4.78, 5) is 22.6. The van der Waals surface area contributed by atoms with Crippen LogP contribution in [0.5, 0.6) is 5.75 Å². The van der Waals surface area contributed by atoms with Crippen LogP contribution in [0, 0.1) is 0 Å². The number of benzene rings is 1. The number of aromatic hydroxyl groups is 1. The summed E-state index contributed by atoms with van der Waals surface area (Å²) in [5, 5.41) is 14.2. The molecule has 2 heterocycles. The van der Waals surface area contributed by atoms with Crippen molar-refractivity contribution >= 4 is 22.8 Å². The fourth-order valence-electron chi connectivity index (χ4n) is 3.55. The van der Waals surface area contributed by atoms with E-state index in [1.54, 1.807) is 12.1 Å². The average molecular weight is 413 g/mol. The maximum absolute atomic E-state index is 12.3. The summed E-state index contributed by atoms with van der Waals surface area (Å²) >= 11 is 0. The van der Waals surface area contributed by atoms with E-state index in [2.05, 4.69) is 28.3 Å². The molecule has 162 valence electrons. The van der Waals surface area contributed by atoms with Crippen LogP contribution in [0.25, 0.3) is 10.9 Å². The predicted molar refractivity (Wildman–Crippen MR) is 119 cm³/mol. The fourth-order valence-corrected chi connectivity index (χ4v) is 3.55. The van der Waals surface area contributed by atoms with Crippen molar-refractivity contribution in [3.05, 3.63) is 36.2 Å². The number of ether oxygens (including phenoxy) is 1. The molecule has 1 aliphatic rings. The van der Waals surface area contributed by atoms with Crippen LogP contribution < -0.4 is 5.32 Å². The maximum atomic E-state index is 12.3. The molecule has 1 aliphatic heterocycles. The second kappa shape index (κ2) is 9.32. The lowest BCUT2D eigenvalue weighted by atomic mass is 10.0. The fraction of sp³-hybridized carbons (Fsp3) is 0.522. The molecule has 1 fully saturated rings. The van der Waals surface area contributed by atoms with Crippen LogP contribution in [0.15, 0.2) is 36.2 Å². The van der Waals surface area contributed by atoms with Crippen LogP contribution in [0.1, 0.15) is 53.4 Å². The number of rotatable bonds is 4. The molecule has 1 atom stereocenters. The van der Waals surface area contributed by atoms with Crippen LogP contribution in [-0.2, 0) is 4.74 Å². The van der Waals surface area contributed by atoms with E-state index < -0.39 is 5.60 Å². The third kappa shape index (κ3) is 5.84. The molecule has 0 radical (unpaired) electrons. The number of phenols is 1. The lowest BCUT2D eigenvalue weighted by molar-refractivity contribution is 0.0258. The molecular weight excluding hydrogens is 380 g/mol. The monoisotopic (exact) mass is 412 g/mol. The van der Waals surface area contributed by atoms with E-state index in [1.807, 2.05) is 31.7 Å². The van der Waals surface area contributed by atoms with Crippen molar-refractivity contribution in [1.82, 2.24) is 14.9 Å². The largest absolute Gasteiger partial charge is 0.506 e. The Bertz CT molecular complexity index is 920. The van der Waals surface area contributed by atoms with Crippen molar-refractivity contribution in [2.75, 3.05) is 18.4 Å². The highest BCUT2D eigenvalue weighted by Gasteiger charge is 2.23. The molecule has 7 nitrogen and oxygen atoms in total. The second-order valence-electron chi connectivity index (χ2n) is 8.86. The van der Waals surface area contributed by atoms with E-state index in [-0.39, 0.29) is 17.9 Å². The van der Waals surface area contributed by atoms with Gasteiger partial charge in [0.15, 0.2) is 0 Å². The molecule has 0 saturated carbocycles. The summed E-state index contributed by atoms with van der Waals surface area (Å²) in [5.74, 6) is 0.875. The Labute approximate surface area is 178 Å². The van der Waals surface area contributed by atoms with Crippen molar-refractivity contribution in [1.29, 1.82) is 0 Å². The lowest BCUT2D eigenvalue weighted by Crippen LogP contribution is -2.37. The molecule has 1 aromatic heterocycles. The van der Waals surface area contributed by atoms with Gasteiger partial charge in [-0.05, 0) is 65.5 Å². The number of amides is 1. The van der Waals surface area contributed by atoms with Crippen molar-refractivity contribution in [3.8, 4) is 5.75 Å². The maximum Gasteiger partial charge on any atom is 0.410 e. The molecule has 0 spiro atoms. The summed E-state index contributed by atoms with van der Waals surface area (Å²) in [7, 11) is 0. The number of fused-ring (bicyclic) bond motifs is 1. The molecule has 2 N–H and O–H groups in total. The molecule has 7 heteroatoms. The number of para-hydroxylation sites is 1. The lowest BCUT2D eigenvalue weighted by Gasteiger charge is -2.26. The van der Waals surface area contributed by atoms with Gasteiger partial charge in [0.1, 0.15) is 29.0 Å². The number of hydrogen-bond acceptors (Lipinski definition) is 6. The number of likely N-dealkylation sites (tertiary alicyclic amines) is 1. The van der Waals surface area contributed by atoms with E-state index in [4.69, 9.17) is 4.74 Å². The van der Waals surface area contributed by atoms with E-state index in [9.17, 15) is 9.90 Å². The van der Waals surface area contributed by atoms with E-state index >= 15 is 0 Å². The van der Waals surface area contributed by atoms with Crippen LogP contribution in [0.3, 0.4) is 0 Å². The van der Waals surface area contributed by atoms with Gasteiger partial charge >= 0.3 is 6.09 Å². The van der Waals surface area contributed by atoms with E-state index in [0.29, 0.717) is 12.1 Å². The van der Waals surface area contributed by atoms with Crippen molar-refractivity contribution in [2.24, 2.45) is 0 Å². The normalized spacial score (nSPS) is 17.6. The highest BCUT2D eigenvalue weighted by atomic mass is 16.6. The first-order valence-electron chi connectivity index (χ1n) is 10.6. The smallest absolute Gasteiger partial charge is 0.410 e. The second-order valence-corrected chi connectivity index (χ2v) is 8.86. The molecular formula is C23H32N4O3. The molecule has 2 aromatic rings. The summed E-state index contributed by atoms with van der Waals surface area (Å²) < 4.78 is 5.50. The standard InChI is InChI=1S/C23H32N4O3/c1-16(26-21-18-8-5-9-19(28)20(18)24-15-25-21)10-11-17-7-6-13-27(14-12-17)22(29)30-23(2,3)4/h5,8-9,11,15-16,28H,6-7,10,12-14H2,1-4H3,(H,24,25,26)/b17-11-/t16-/m0/s1. The molecule has 30 heavy (non-hydrogen) atoms. The molecule has 1 saturated heterocycles. The van der Waals surface area contributed by atoms with Crippen molar-refractivity contribution in [2.45, 2.75) is 65.0 Å². The highest BCUT2D eigenvalue weighted by Crippen LogP contribution is 2.27. The molecule has 1 amide bonds. The average Bonchev–Trinajstić information content (AvgIpc) is 2.92. The van der Waals surface area contributed by atoms with Crippen LogP contribution in [0.2, 0.25) is 0 Å².